The highest BCUT2D eigenvalue weighted by atomic mass is 16.5. The molecule has 1 saturated heterocycles. The fourth-order valence-electron chi connectivity index (χ4n) is 2.68. The van der Waals surface area contributed by atoms with Crippen molar-refractivity contribution in [2.45, 2.75) is 26.2 Å². The van der Waals surface area contributed by atoms with E-state index in [1.807, 2.05) is 6.07 Å². The predicted molar refractivity (Wildman–Crippen MR) is 81.5 cm³/mol. The molecule has 1 fully saturated rings. The zero-order valence-corrected chi connectivity index (χ0v) is 12.8. The van der Waals surface area contributed by atoms with Crippen LogP contribution in [0.5, 0.6) is 0 Å². The van der Waals surface area contributed by atoms with Gasteiger partial charge in [-0.1, -0.05) is 6.92 Å². The van der Waals surface area contributed by atoms with Gasteiger partial charge in [0, 0.05) is 19.3 Å². The maximum Gasteiger partial charge on any atom is 0.376 e. The van der Waals surface area contributed by atoms with Crippen molar-refractivity contribution in [3.63, 3.8) is 0 Å². The molecule has 21 heavy (non-hydrogen) atoms. The molecule has 1 aromatic rings. The fraction of sp³-hybridized carbons (Fsp3) is 0.667. The number of rotatable bonds is 6. The van der Waals surface area contributed by atoms with E-state index in [9.17, 15) is 4.79 Å². The van der Waals surface area contributed by atoms with Crippen molar-refractivity contribution in [1.82, 2.24) is 15.3 Å². The third-order valence-electron chi connectivity index (χ3n) is 3.70. The summed E-state index contributed by atoms with van der Waals surface area (Å²) >= 11 is 0. The first kappa shape index (κ1) is 15.7. The molecular formula is C15H24N4O2. The molecule has 0 aliphatic carbocycles. The van der Waals surface area contributed by atoms with Gasteiger partial charge in [-0.3, -0.25) is 0 Å². The van der Waals surface area contributed by atoms with Crippen molar-refractivity contribution in [3.05, 3.63) is 18.1 Å². The van der Waals surface area contributed by atoms with Gasteiger partial charge < -0.3 is 15.0 Å². The summed E-state index contributed by atoms with van der Waals surface area (Å²) in [5.74, 6) is 1.06. The van der Waals surface area contributed by atoms with E-state index in [0.29, 0.717) is 5.92 Å². The van der Waals surface area contributed by atoms with Crippen LogP contribution in [0.25, 0.3) is 0 Å². The largest absolute Gasteiger partial charge is 0.463 e. The molecule has 0 aromatic carbocycles. The Kier molecular flexibility index (Phi) is 5.92. The van der Waals surface area contributed by atoms with Crippen molar-refractivity contribution in [2.24, 2.45) is 5.92 Å². The standard InChI is InChI=1S/C15H24N4O2/c1-3-9-19(11-12-5-4-7-16-10-12)13-6-8-17-14(18-13)15(20)21-2/h6,8,12,16H,3-5,7,9-11H2,1-2H3. The molecule has 0 saturated carbocycles. The molecule has 6 heteroatoms. The third kappa shape index (κ3) is 4.39. The molecule has 2 rings (SSSR count). The van der Waals surface area contributed by atoms with E-state index in [2.05, 4.69) is 31.8 Å². The van der Waals surface area contributed by atoms with Crippen LogP contribution >= 0.6 is 0 Å². The highest BCUT2D eigenvalue weighted by molar-refractivity contribution is 5.85. The number of methoxy groups -OCH3 is 1. The Hall–Kier alpha value is -1.69. The number of anilines is 1. The van der Waals surface area contributed by atoms with Crippen LogP contribution in [0.15, 0.2) is 12.3 Å². The first-order valence-electron chi connectivity index (χ1n) is 7.61. The normalized spacial score (nSPS) is 18.3. The van der Waals surface area contributed by atoms with E-state index in [1.54, 1.807) is 6.20 Å². The van der Waals surface area contributed by atoms with Crippen LogP contribution in [-0.4, -0.2) is 49.2 Å². The molecule has 1 atom stereocenters. The van der Waals surface area contributed by atoms with Gasteiger partial charge in [0.25, 0.3) is 0 Å². The highest BCUT2D eigenvalue weighted by Crippen LogP contribution is 2.17. The summed E-state index contributed by atoms with van der Waals surface area (Å²) in [6.07, 6.45) is 5.12. The summed E-state index contributed by atoms with van der Waals surface area (Å²) in [7, 11) is 1.34. The molecule has 0 radical (unpaired) electrons. The van der Waals surface area contributed by atoms with Crippen molar-refractivity contribution in [3.8, 4) is 0 Å². The SMILES string of the molecule is CCCN(CC1CCCNC1)c1ccnc(C(=O)OC)n1. The van der Waals surface area contributed by atoms with Crippen LogP contribution in [0.2, 0.25) is 0 Å². The van der Waals surface area contributed by atoms with E-state index in [-0.39, 0.29) is 5.82 Å². The second kappa shape index (κ2) is 7.93. The summed E-state index contributed by atoms with van der Waals surface area (Å²) < 4.78 is 4.69. The van der Waals surface area contributed by atoms with Crippen LogP contribution in [-0.2, 0) is 4.74 Å². The minimum atomic E-state index is -0.493. The Morgan fingerprint density at radius 3 is 3.10 bits per heavy atom. The molecule has 2 heterocycles. The van der Waals surface area contributed by atoms with Crippen molar-refractivity contribution in [1.29, 1.82) is 0 Å². The molecule has 116 valence electrons. The van der Waals surface area contributed by atoms with E-state index in [4.69, 9.17) is 0 Å². The average Bonchev–Trinajstić information content (AvgIpc) is 2.55. The molecule has 6 nitrogen and oxygen atoms in total. The summed E-state index contributed by atoms with van der Waals surface area (Å²) in [4.78, 5) is 22.1. The molecular weight excluding hydrogens is 268 g/mol. The molecule has 1 aromatic heterocycles. The lowest BCUT2D eigenvalue weighted by Gasteiger charge is -2.30. The maximum absolute atomic E-state index is 11.6. The lowest BCUT2D eigenvalue weighted by Crippen LogP contribution is -2.39. The van der Waals surface area contributed by atoms with Gasteiger partial charge >= 0.3 is 5.97 Å². The molecule has 1 N–H and O–H groups in total. The van der Waals surface area contributed by atoms with Gasteiger partial charge in [0.1, 0.15) is 5.82 Å². The molecule has 0 bridgehead atoms. The van der Waals surface area contributed by atoms with Crippen molar-refractivity contribution in [2.75, 3.05) is 38.2 Å². The summed E-state index contributed by atoms with van der Waals surface area (Å²) in [6.45, 7) is 6.19. The number of nitrogens with one attached hydrogen (secondary N) is 1. The number of hydrogen-bond donors (Lipinski definition) is 1. The molecule has 0 spiro atoms. The summed E-state index contributed by atoms with van der Waals surface area (Å²) in [6, 6.07) is 1.86. The van der Waals surface area contributed by atoms with Gasteiger partial charge in [0.05, 0.1) is 7.11 Å². The van der Waals surface area contributed by atoms with Crippen molar-refractivity contribution < 1.29 is 9.53 Å². The van der Waals surface area contributed by atoms with Crippen LogP contribution < -0.4 is 10.2 Å². The van der Waals surface area contributed by atoms with Gasteiger partial charge in [0.15, 0.2) is 0 Å². The quantitative estimate of drug-likeness (QED) is 0.801. The first-order valence-corrected chi connectivity index (χ1v) is 7.61. The van der Waals surface area contributed by atoms with Gasteiger partial charge in [-0.25, -0.2) is 14.8 Å². The number of esters is 1. The second-order valence-corrected chi connectivity index (χ2v) is 5.39. The Balaban J connectivity index is 2.10. The van der Waals surface area contributed by atoms with Crippen LogP contribution in [0.3, 0.4) is 0 Å². The average molecular weight is 292 g/mol. The predicted octanol–water partition coefficient (Wildman–Crippen LogP) is 1.48. The molecule has 1 aliphatic heterocycles. The summed E-state index contributed by atoms with van der Waals surface area (Å²) in [5, 5.41) is 3.44. The lowest BCUT2D eigenvalue weighted by atomic mass is 9.99. The minimum Gasteiger partial charge on any atom is -0.463 e. The van der Waals surface area contributed by atoms with E-state index >= 15 is 0 Å². The summed E-state index contributed by atoms with van der Waals surface area (Å²) in [5.41, 5.74) is 0. The Bertz CT molecular complexity index is 461. The number of hydrogen-bond acceptors (Lipinski definition) is 6. The zero-order valence-electron chi connectivity index (χ0n) is 12.8. The smallest absolute Gasteiger partial charge is 0.376 e. The highest BCUT2D eigenvalue weighted by Gasteiger charge is 2.19. The van der Waals surface area contributed by atoms with Gasteiger partial charge in [-0.05, 0) is 44.3 Å². The van der Waals surface area contributed by atoms with Crippen LogP contribution in [0.4, 0.5) is 5.82 Å². The minimum absolute atomic E-state index is 0.123. The van der Waals surface area contributed by atoms with E-state index in [1.165, 1.54) is 20.0 Å². The lowest BCUT2D eigenvalue weighted by molar-refractivity contribution is 0.0586. The third-order valence-corrected chi connectivity index (χ3v) is 3.70. The number of aromatic nitrogens is 2. The maximum atomic E-state index is 11.6. The fourth-order valence-corrected chi connectivity index (χ4v) is 2.68. The Morgan fingerprint density at radius 1 is 1.57 bits per heavy atom. The van der Waals surface area contributed by atoms with Crippen LogP contribution in [0, 0.1) is 5.92 Å². The van der Waals surface area contributed by atoms with E-state index in [0.717, 1.165) is 38.4 Å². The zero-order chi connectivity index (χ0) is 15.1. The molecule has 1 aliphatic rings. The van der Waals surface area contributed by atoms with E-state index < -0.39 is 5.97 Å². The van der Waals surface area contributed by atoms with Gasteiger partial charge in [-0.15, -0.1) is 0 Å². The molecule has 0 amide bonds. The molecule has 1 unspecified atom stereocenters. The monoisotopic (exact) mass is 292 g/mol. The van der Waals surface area contributed by atoms with Crippen molar-refractivity contribution >= 4 is 11.8 Å². The number of nitrogens with zero attached hydrogens (tertiary/aromatic N) is 3. The Labute approximate surface area is 125 Å². The number of piperidine rings is 1. The number of ether oxygens (including phenoxy) is 1. The first-order chi connectivity index (χ1) is 10.2. The van der Waals surface area contributed by atoms with Gasteiger partial charge in [-0.2, -0.15) is 0 Å². The van der Waals surface area contributed by atoms with Gasteiger partial charge in [0.2, 0.25) is 5.82 Å². The number of carbonyl (C=O) groups excluding carboxylic acids is 1. The Morgan fingerprint density at radius 2 is 2.43 bits per heavy atom. The van der Waals surface area contributed by atoms with Crippen LogP contribution in [0.1, 0.15) is 36.8 Å². The topological polar surface area (TPSA) is 67.4 Å². The number of carbonyl (C=O) groups is 1. The second-order valence-electron chi connectivity index (χ2n) is 5.39.